The predicted molar refractivity (Wildman–Crippen MR) is 93.2 cm³/mol. The fourth-order valence-corrected chi connectivity index (χ4v) is 3.57. The van der Waals surface area contributed by atoms with Crippen molar-refractivity contribution in [3.63, 3.8) is 0 Å². The van der Waals surface area contributed by atoms with E-state index in [2.05, 4.69) is 0 Å². The third-order valence-corrected chi connectivity index (χ3v) is 4.85. The summed E-state index contributed by atoms with van der Waals surface area (Å²) in [6.45, 7) is 3.30. The van der Waals surface area contributed by atoms with Crippen molar-refractivity contribution < 1.29 is 32.2 Å². The molecule has 1 aromatic carbocycles. The van der Waals surface area contributed by atoms with Gasteiger partial charge in [0.1, 0.15) is 0 Å². The van der Waals surface area contributed by atoms with Crippen LogP contribution in [0.1, 0.15) is 30.9 Å². The van der Waals surface area contributed by atoms with Gasteiger partial charge in [0.05, 0.1) is 30.7 Å². The van der Waals surface area contributed by atoms with E-state index in [9.17, 15) is 22.8 Å². The number of benzene rings is 1. The van der Waals surface area contributed by atoms with Crippen molar-refractivity contribution in [2.45, 2.75) is 25.9 Å². The van der Waals surface area contributed by atoms with Gasteiger partial charge in [0.2, 0.25) is 0 Å². The second-order valence-corrected chi connectivity index (χ2v) is 6.60. The van der Waals surface area contributed by atoms with E-state index in [1.165, 1.54) is 20.3 Å². The van der Waals surface area contributed by atoms with Gasteiger partial charge in [0.15, 0.2) is 0 Å². The maximum absolute atomic E-state index is 13.3. The van der Waals surface area contributed by atoms with Gasteiger partial charge in [0, 0.05) is 11.5 Å². The summed E-state index contributed by atoms with van der Waals surface area (Å²) < 4.78 is 49.5. The second-order valence-electron chi connectivity index (χ2n) is 6.19. The normalized spacial score (nSPS) is 20.2. The lowest BCUT2D eigenvalue weighted by molar-refractivity contribution is -0.145. The van der Waals surface area contributed by atoms with Crippen LogP contribution in [0.5, 0.6) is 0 Å². The number of ether oxygens (including phenoxy) is 2. The average molecular weight is 403 g/mol. The van der Waals surface area contributed by atoms with E-state index in [0.717, 1.165) is 12.1 Å². The van der Waals surface area contributed by atoms with Crippen molar-refractivity contribution in [1.29, 1.82) is 0 Å². The Labute approximate surface area is 159 Å². The number of rotatable bonds is 3. The number of hydrogen-bond acceptors (Lipinski definition) is 4. The number of hydrogen-bond donors (Lipinski definition) is 0. The average Bonchev–Trinajstić information content (AvgIpc) is 2.59. The molecule has 0 heterocycles. The molecular weight excluding hydrogens is 385 g/mol. The van der Waals surface area contributed by atoms with Gasteiger partial charge in [-0.2, -0.15) is 13.2 Å². The smallest absolute Gasteiger partial charge is 0.417 e. The van der Waals surface area contributed by atoms with Crippen molar-refractivity contribution >= 4 is 23.5 Å². The second kappa shape index (κ2) is 7.76. The van der Waals surface area contributed by atoms with Crippen LogP contribution in [-0.4, -0.2) is 26.2 Å². The monoisotopic (exact) mass is 402 g/mol. The van der Waals surface area contributed by atoms with E-state index in [1.54, 1.807) is 19.9 Å². The number of halogens is 4. The van der Waals surface area contributed by atoms with E-state index in [4.69, 9.17) is 21.1 Å². The number of allylic oxidation sites excluding steroid dienone is 2. The lowest BCUT2D eigenvalue weighted by Gasteiger charge is -2.32. The Bertz CT molecular complexity index is 840. The quantitative estimate of drug-likeness (QED) is 0.689. The molecule has 1 aromatic rings. The molecule has 0 amide bonds. The molecule has 1 aliphatic carbocycles. The first-order chi connectivity index (χ1) is 12.5. The van der Waals surface area contributed by atoms with Gasteiger partial charge in [-0.25, -0.2) is 4.79 Å². The van der Waals surface area contributed by atoms with E-state index >= 15 is 0 Å². The van der Waals surface area contributed by atoms with Gasteiger partial charge in [-0.05, 0) is 37.1 Å². The van der Waals surface area contributed by atoms with Gasteiger partial charge in [-0.15, -0.1) is 0 Å². The van der Waals surface area contributed by atoms with Crippen LogP contribution in [0.25, 0.3) is 0 Å². The molecule has 4 nitrogen and oxygen atoms in total. The van der Waals surface area contributed by atoms with E-state index in [-0.39, 0.29) is 11.1 Å². The lowest BCUT2D eigenvalue weighted by atomic mass is 9.71. The van der Waals surface area contributed by atoms with E-state index in [1.807, 2.05) is 0 Å². The van der Waals surface area contributed by atoms with Crippen LogP contribution in [-0.2, 0) is 25.2 Å². The summed E-state index contributed by atoms with van der Waals surface area (Å²) in [6, 6.07) is 3.33. The molecule has 0 unspecified atom stereocenters. The van der Waals surface area contributed by atoms with Crippen LogP contribution in [0, 0.1) is 5.92 Å². The zero-order valence-electron chi connectivity index (χ0n) is 15.1. The standard InChI is InChI=1S/C19H18ClF3O4/c1-9-7-10(2)15(18(25)27-4)16(14(9)17(24)26-3)11-5-6-13(20)12(8-11)19(21,22)23/h5-8,14,16H,1-4H3/t14-,16+/m0/s1. The highest BCUT2D eigenvalue weighted by atomic mass is 35.5. The minimum absolute atomic E-state index is 0.106. The molecule has 0 bridgehead atoms. The zero-order chi connectivity index (χ0) is 20.5. The third-order valence-electron chi connectivity index (χ3n) is 4.52. The van der Waals surface area contributed by atoms with Crippen LogP contribution in [0.4, 0.5) is 13.2 Å². The summed E-state index contributed by atoms with van der Waals surface area (Å²) in [5.41, 5.74) is 0.260. The number of alkyl halides is 3. The number of methoxy groups -OCH3 is 2. The minimum Gasteiger partial charge on any atom is -0.469 e. The van der Waals surface area contributed by atoms with E-state index < -0.39 is 40.5 Å². The van der Waals surface area contributed by atoms with Crippen LogP contribution >= 0.6 is 11.6 Å². The molecule has 0 saturated heterocycles. The Kier molecular flexibility index (Phi) is 6.04. The predicted octanol–water partition coefficient (Wildman–Crippen LogP) is 4.68. The van der Waals surface area contributed by atoms with Crippen LogP contribution in [0.3, 0.4) is 0 Å². The first-order valence-electron chi connectivity index (χ1n) is 7.94. The van der Waals surface area contributed by atoms with Gasteiger partial charge in [0.25, 0.3) is 0 Å². The molecule has 0 aromatic heterocycles. The molecule has 0 spiro atoms. The van der Waals surface area contributed by atoms with Gasteiger partial charge >= 0.3 is 18.1 Å². The molecule has 1 aliphatic rings. The Morgan fingerprint density at radius 2 is 1.74 bits per heavy atom. The molecule has 0 fully saturated rings. The summed E-state index contributed by atoms with van der Waals surface area (Å²) in [6.07, 6.45) is -3.05. The van der Waals surface area contributed by atoms with E-state index in [0.29, 0.717) is 11.1 Å². The molecule has 2 rings (SSSR count). The van der Waals surface area contributed by atoms with Gasteiger partial charge < -0.3 is 9.47 Å². The SMILES string of the molecule is COC(=O)C1=C(C)C=C(C)[C@H](C(=O)OC)[C@H]1c1ccc(Cl)c(C(F)(F)F)c1. The number of carbonyl (C=O) groups excluding carboxylic acids is 2. The minimum atomic E-state index is -4.68. The third kappa shape index (κ3) is 4.03. The number of esters is 2. The zero-order valence-corrected chi connectivity index (χ0v) is 15.9. The van der Waals surface area contributed by atoms with Crippen molar-refractivity contribution in [3.05, 3.63) is 57.1 Å². The van der Waals surface area contributed by atoms with Crippen LogP contribution in [0.2, 0.25) is 5.02 Å². The first-order valence-corrected chi connectivity index (χ1v) is 8.32. The topological polar surface area (TPSA) is 52.6 Å². The summed E-state index contributed by atoms with van der Waals surface area (Å²) in [7, 11) is 2.35. The van der Waals surface area contributed by atoms with Gasteiger partial charge in [-0.1, -0.05) is 29.3 Å². The van der Waals surface area contributed by atoms with Crippen molar-refractivity contribution in [1.82, 2.24) is 0 Å². The maximum Gasteiger partial charge on any atom is 0.417 e. The Morgan fingerprint density at radius 3 is 2.26 bits per heavy atom. The summed E-state index contributed by atoms with van der Waals surface area (Å²) in [5.74, 6) is -3.34. The highest BCUT2D eigenvalue weighted by Gasteiger charge is 2.42. The Morgan fingerprint density at radius 1 is 1.11 bits per heavy atom. The molecule has 27 heavy (non-hydrogen) atoms. The molecule has 146 valence electrons. The Balaban J connectivity index is 2.76. The molecule has 0 saturated carbocycles. The molecular formula is C19H18ClF3O4. The molecule has 8 heteroatoms. The van der Waals surface area contributed by atoms with Crippen LogP contribution in [0.15, 0.2) is 41.0 Å². The first kappa shape index (κ1) is 21.0. The Hall–Kier alpha value is -2.28. The molecule has 0 aliphatic heterocycles. The summed E-state index contributed by atoms with van der Waals surface area (Å²) in [5, 5.41) is -0.468. The highest BCUT2D eigenvalue weighted by Crippen LogP contribution is 2.45. The highest BCUT2D eigenvalue weighted by molar-refractivity contribution is 6.31. The summed E-state index contributed by atoms with van der Waals surface area (Å²) in [4.78, 5) is 24.8. The molecule has 0 N–H and O–H groups in total. The fourth-order valence-electron chi connectivity index (χ4n) is 3.34. The molecule has 0 radical (unpaired) electrons. The van der Waals surface area contributed by atoms with Crippen molar-refractivity contribution in [2.24, 2.45) is 5.92 Å². The fraction of sp³-hybridized carbons (Fsp3) is 0.368. The summed E-state index contributed by atoms with van der Waals surface area (Å²) >= 11 is 5.70. The maximum atomic E-state index is 13.3. The van der Waals surface area contributed by atoms with Crippen molar-refractivity contribution in [2.75, 3.05) is 14.2 Å². The van der Waals surface area contributed by atoms with Crippen molar-refractivity contribution in [3.8, 4) is 0 Å². The largest absolute Gasteiger partial charge is 0.469 e. The lowest BCUT2D eigenvalue weighted by Crippen LogP contribution is -2.32. The molecule has 2 atom stereocenters. The number of carbonyl (C=O) groups is 2. The van der Waals surface area contributed by atoms with Gasteiger partial charge in [-0.3, -0.25) is 4.79 Å². The van der Waals surface area contributed by atoms with Crippen LogP contribution < -0.4 is 0 Å².